The summed E-state index contributed by atoms with van der Waals surface area (Å²) in [5, 5.41) is 9.14. The fourth-order valence-electron chi connectivity index (χ4n) is 2.61. The number of amides is 1. The summed E-state index contributed by atoms with van der Waals surface area (Å²) in [7, 11) is 3.08. The van der Waals surface area contributed by atoms with Gasteiger partial charge in [0.2, 0.25) is 5.91 Å². The summed E-state index contributed by atoms with van der Waals surface area (Å²) in [5.74, 6) is 0.0786. The van der Waals surface area contributed by atoms with Crippen molar-refractivity contribution in [1.82, 2.24) is 4.90 Å². The summed E-state index contributed by atoms with van der Waals surface area (Å²) in [6.45, 7) is 0.488. The van der Waals surface area contributed by atoms with Gasteiger partial charge in [0.15, 0.2) is 0 Å². The quantitative estimate of drug-likeness (QED) is 0.886. The molecule has 1 amide bonds. The van der Waals surface area contributed by atoms with Gasteiger partial charge in [-0.3, -0.25) is 4.79 Å². The number of methoxy groups -OCH3 is 2. The van der Waals surface area contributed by atoms with Gasteiger partial charge in [-0.15, -0.1) is 0 Å². The predicted octanol–water partition coefficient (Wildman–Crippen LogP) is 1.32. The van der Waals surface area contributed by atoms with Crippen LogP contribution in [0.4, 0.5) is 0 Å². The van der Waals surface area contributed by atoms with Gasteiger partial charge in [0.1, 0.15) is 17.5 Å². The maximum absolute atomic E-state index is 12.4. The number of ether oxygens (including phenoxy) is 2. The summed E-state index contributed by atoms with van der Waals surface area (Å²) < 4.78 is 10.4. The summed E-state index contributed by atoms with van der Waals surface area (Å²) in [4.78, 5) is 24.9. The molecule has 1 aromatic rings. The van der Waals surface area contributed by atoms with Crippen molar-refractivity contribution in [2.24, 2.45) is 0 Å². The third-order valence-electron chi connectivity index (χ3n) is 3.69. The van der Waals surface area contributed by atoms with E-state index < -0.39 is 12.0 Å². The lowest BCUT2D eigenvalue weighted by atomic mass is 10.1. The number of benzene rings is 1. The average Bonchev–Trinajstić information content (AvgIpc) is 2.96. The number of carboxylic acids is 1. The minimum absolute atomic E-state index is 0.101. The largest absolute Gasteiger partial charge is 0.497 e. The van der Waals surface area contributed by atoms with Crippen LogP contribution in [0.3, 0.4) is 0 Å². The monoisotopic (exact) mass is 293 g/mol. The Labute approximate surface area is 123 Å². The van der Waals surface area contributed by atoms with Crippen LogP contribution in [-0.4, -0.2) is 48.7 Å². The van der Waals surface area contributed by atoms with Crippen LogP contribution in [0.2, 0.25) is 0 Å². The smallest absolute Gasteiger partial charge is 0.326 e. The van der Waals surface area contributed by atoms with Gasteiger partial charge in [-0.25, -0.2) is 4.79 Å². The van der Waals surface area contributed by atoms with Crippen LogP contribution in [0.1, 0.15) is 18.4 Å². The second-order valence-electron chi connectivity index (χ2n) is 4.94. The molecular formula is C15H19NO5. The fraction of sp³-hybridized carbons (Fsp3) is 0.467. The second kappa shape index (κ2) is 6.47. The Morgan fingerprint density at radius 3 is 2.71 bits per heavy atom. The highest BCUT2D eigenvalue weighted by molar-refractivity contribution is 5.86. The van der Waals surface area contributed by atoms with Crippen LogP contribution < -0.4 is 9.47 Å². The highest BCUT2D eigenvalue weighted by Gasteiger charge is 2.34. The Morgan fingerprint density at radius 2 is 2.10 bits per heavy atom. The van der Waals surface area contributed by atoms with Gasteiger partial charge < -0.3 is 19.5 Å². The van der Waals surface area contributed by atoms with Crippen LogP contribution in [0.25, 0.3) is 0 Å². The summed E-state index contributed by atoms with van der Waals surface area (Å²) in [6.07, 6.45) is 1.33. The number of nitrogens with zero attached hydrogens (tertiary/aromatic N) is 1. The first kappa shape index (κ1) is 15.2. The van der Waals surface area contributed by atoms with Gasteiger partial charge in [0.05, 0.1) is 20.6 Å². The third-order valence-corrected chi connectivity index (χ3v) is 3.69. The van der Waals surface area contributed by atoms with Crippen LogP contribution >= 0.6 is 0 Å². The van der Waals surface area contributed by atoms with Crippen molar-refractivity contribution in [2.45, 2.75) is 25.3 Å². The van der Waals surface area contributed by atoms with Crippen LogP contribution in [0.15, 0.2) is 18.2 Å². The molecule has 0 bridgehead atoms. The molecule has 0 aromatic heterocycles. The number of likely N-dealkylation sites (tertiary alicyclic amines) is 1. The standard InChI is InChI=1S/C15H19NO5/c1-20-11-5-6-13(21-2)10(8-11)9-14(17)16-7-3-4-12(16)15(18)19/h5-6,8,12H,3-4,7,9H2,1-2H3,(H,18,19)/t12-/m1/s1. The SMILES string of the molecule is COc1ccc(OC)c(CC(=O)N2CCC[C@@H]2C(=O)O)c1. The summed E-state index contributed by atoms with van der Waals surface area (Å²) in [5.41, 5.74) is 0.692. The number of carbonyl (C=O) groups is 2. The first-order valence-electron chi connectivity index (χ1n) is 6.80. The topological polar surface area (TPSA) is 76.1 Å². The third kappa shape index (κ3) is 3.26. The van der Waals surface area contributed by atoms with Gasteiger partial charge >= 0.3 is 5.97 Å². The van der Waals surface area contributed by atoms with Gasteiger partial charge in [-0.1, -0.05) is 0 Å². The molecule has 1 aliphatic rings. The molecule has 114 valence electrons. The summed E-state index contributed by atoms with van der Waals surface area (Å²) >= 11 is 0. The van der Waals surface area contributed by atoms with E-state index in [1.54, 1.807) is 25.3 Å². The summed E-state index contributed by atoms with van der Waals surface area (Å²) in [6, 6.07) is 4.51. The Kier molecular flexibility index (Phi) is 4.67. The van der Waals surface area contributed by atoms with Crippen molar-refractivity contribution in [1.29, 1.82) is 0 Å². The molecular weight excluding hydrogens is 274 g/mol. The van der Waals surface area contributed by atoms with Gasteiger partial charge in [-0.2, -0.15) is 0 Å². The Morgan fingerprint density at radius 1 is 1.33 bits per heavy atom. The van der Waals surface area contributed by atoms with E-state index >= 15 is 0 Å². The number of aliphatic carboxylic acids is 1. The fourth-order valence-corrected chi connectivity index (χ4v) is 2.61. The van der Waals surface area contributed by atoms with Crippen molar-refractivity contribution in [2.75, 3.05) is 20.8 Å². The minimum atomic E-state index is -0.946. The molecule has 1 aliphatic heterocycles. The van der Waals surface area contributed by atoms with Crippen molar-refractivity contribution >= 4 is 11.9 Å². The maximum Gasteiger partial charge on any atom is 0.326 e. The van der Waals surface area contributed by atoms with E-state index in [1.165, 1.54) is 12.0 Å². The highest BCUT2D eigenvalue weighted by atomic mass is 16.5. The number of rotatable bonds is 5. The molecule has 0 radical (unpaired) electrons. The molecule has 1 fully saturated rings. The first-order chi connectivity index (χ1) is 10.1. The molecule has 6 nitrogen and oxygen atoms in total. The van der Waals surface area contributed by atoms with E-state index in [-0.39, 0.29) is 12.3 Å². The minimum Gasteiger partial charge on any atom is -0.497 e. The number of hydrogen-bond acceptors (Lipinski definition) is 4. The van der Waals surface area contributed by atoms with Crippen LogP contribution in [-0.2, 0) is 16.0 Å². The number of carboxylic acid groups (broad SMARTS) is 1. The molecule has 0 unspecified atom stereocenters. The number of hydrogen-bond donors (Lipinski definition) is 1. The van der Waals surface area contributed by atoms with Crippen molar-refractivity contribution in [3.8, 4) is 11.5 Å². The molecule has 1 N–H and O–H groups in total. The molecule has 0 saturated carbocycles. The first-order valence-corrected chi connectivity index (χ1v) is 6.80. The number of carbonyl (C=O) groups excluding carboxylic acids is 1. The lowest BCUT2D eigenvalue weighted by Crippen LogP contribution is -2.41. The van der Waals surface area contributed by atoms with Crippen molar-refractivity contribution in [3.05, 3.63) is 23.8 Å². The van der Waals surface area contributed by atoms with Crippen molar-refractivity contribution < 1.29 is 24.2 Å². The normalized spacial score (nSPS) is 17.6. The van der Waals surface area contributed by atoms with E-state index in [9.17, 15) is 9.59 Å². The molecule has 6 heteroatoms. The zero-order chi connectivity index (χ0) is 15.4. The molecule has 0 spiro atoms. The molecule has 1 saturated heterocycles. The molecule has 1 atom stereocenters. The Bertz CT molecular complexity index is 543. The van der Waals surface area contributed by atoms with Crippen molar-refractivity contribution in [3.63, 3.8) is 0 Å². The molecule has 21 heavy (non-hydrogen) atoms. The molecule has 1 heterocycles. The van der Waals surface area contributed by atoms with E-state index in [1.807, 2.05) is 0 Å². The second-order valence-corrected chi connectivity index (χ2v) is 4.94. The van der Waals surface area contributed by atoms with Crippen LogP contribution in [0, 0.1) is 0 Å². The lowest BCUT2D eigenvalue weighted by Gasteiger charge is -2.22. The predicted molar refractivity (Wildman–Crippen MR) is 75.6 cm³/mol. The zero-order valence-corrected chi connectivity index (χ0v) is 12.2. The van der Waals surface area contributed by atoms with Crippen LogP contribution in [0.5, 0.6) is 11.5 Å². The van der Waals surface area contributed by atoms with Gasteiger partial charge in [0.25, 0.3) is 0 Å². The van der Waals surface area contributed by atoms with Gasteiger partial charge in [-0.05, 0) is 31.0 Å². The van der Waals surface area contributed by atoms with E-state index in [4.69, 9.17) is 14.6 Å². The maximum atomic E-state index is 12.4. The Balaban J connectivity index is 2.17. The molecule has 1 aromatic carbocycles. The zero-order valence-electron chi connectivity index (χ0n) is 12.2. The van der Waals surface area contributed by atoms with E-state index in [0.29, 0.717) is 30.0 Å². The highest BCUT2D eigenvalue weighted by Crippen LogP contribution is 2.26. The van der Waals surface area contributed by atoms with Gasteiger partial charge in [0, 0.05) is 12.1 Å². The average molecular weight is 293 g/mol. The molecule has 0 aliphatic carbocycles. The Hall–Kier alpha value is -2.24. The van der Waals surface area contributed by atoms with E-state index in [0.717, 1.165) is 6.42 Å². The molecule has 2 rings (SSSR count). The lowest BCUT2D eigenvalue weighted by molar-refractivity contribution is -0.148. The van der Waals surface area contributed by atoms with E-state index in [2.05, 4.69) is 0 Å².